The Labute approximate surface area is 126 Å². The van der Waals surface area contributed by atoms with Gasteiger partial charge in [0.25, 0.3) is 0 Å². The van der Waals surface area contributed by atoms with Crippen molar-refractivity contribution in [2.75, 3.05) is 18.1 Å². The molecule has 0 aromatic carbocycles. The van der Waals surface area contributed by atoms with Crippen LogP contribution < -0.4 is 4.90 Å². The van der Waals surface area contributed by atoms with E-state index in [9.17, 15) is 0 Å². The zero-order chi connectivity index (χ0) is 14.4. The predicted octanol–water partition coefficient (Wildman–Crippen LogP) is 3.83. The van der Waals surface area contributed by atoms with Crippen LogP contribution in [0.3, 0.4) is 0 Å². The lowest BCUT2D eigenvalue weighted by molar-refractivity contribution is 0.128. The second-order valence-electron chi connectivity index (χ2n) is 5.21. The lowest BCUT2D eigenvalue weighted by Crippen LogP contribution is -2.35. The van der Waals surface area contributed by atoms with E-state index < -0.39 is 0 Å². The molecule has 20 heavy (non-hydrogen) atoms. The summed E-state index contributed by atoms with van der Waals surface area (Å²) in [6.07, 6.45) is 6.21. The van der Waals surface area contributed by atoms with Gasteiger partial charge in [-0.2, -0.15) is 0 Å². The van der Waals surface area contributed by atoms with Gasteiger partial charge in [0, 0.05) is 25.3 Å². The van der Waals surface area contributed by atoms with Gasteiger partial charge in [-0.1, -0.05) is 31.4 Å². The molecule has 1 unspecified atom stereocenters. The summed E-state index contributed by atoms with van der Waals surface area (Å²) in [5.41, 5.74) is 0. The van der Waals surface area contributed by atoms with Crippen molar-refractivity contribution < 1.29 is 4.74 Å². The number of ether oxygens (including phenoxy) is 1. The summed E-state index contributed by atoms with van der Waals surface area (Å²) in [6, 6.07) is 2.44. The van der Waals surface area contributed by atoms with E-state index in [0.717, 1.165) is 18.8 Å². The maximum absolute atomic E-state index is 6.15. The molecule has 1 atom stereocenters. The van der Waals surface area contributed by atoms with Crippen LogP contribution in [0.2, 0.25) is 5.15 Å². The topological polar surface area (TPSA) is 38.2 Å². The van der Waals surface area contributed by atoms with Gasteiger partial charge in [0.1, 0.15) is 17.6 Å². The van der Waals surface area contributed by atoms with Crippen LogP contribution in [0.4, 0.5) is 5.82 Å². The van der Waals surface area contributed by atoms with E-state index in [1.54, 1.807) is 0 Å². The van der Waals surface area contributed by atoms with E-state index in [1.807, 2.05) is 13.0 Å². The standard InChI is InChI=1S/C15H24ClN3O/c1-3-12-8-6-5-7-9-19(12)15-10-13(16)17-14(18-15)11-20-4-2/h10,12H,3-9,11H2,1-2H3. The number of rotatable bonds is 5. The van der Waals surface area contributed by atoms with E-state index in [1.165, 1.54) is 25.7 Å². The smallest absolute Gasteiger partial charge is 0.158 e. The Morgan fingerprint density at radius 1 is 1.30 bits per heavy atom. The molecule has 0 saturated carbocycles. The van der Waals surface area contributed by atoms with Gasteiger partial charge in [0.05, 0.1) is 0 Å². The van der Waals surface area contributed by atoms with Gasteiger partial charge in [0.15, 0.2) is 5.82 Å². The second-order valence-corrected chi connectivity index (χ2v) is 5.59. The Kier molecular flexibility index (Phi) is 6.05. The minimum absolute atomic E-state index is 0.425. The fraction of sp³-hybridized carbons (Fsp3) is 0.733. The highest BCUT2D eigenvalue weighted by atomic mass is 35.5. The fourth-order valence-electron chi connectivity index (χ4n) is 2.76. The molecule has 2 heterocycles. The van der Waals surface area contributed by atoms with E-state index in [-0.39, 0.29) is 0 Å². The predicted molar refractivity (Wildman–Crippen MR) is 82.3 cm³/mol. The van der Waals surface area contributed by atoms with Crippen LogP contribution in [0.5, 0.6) is 0 Å². The third-order valence-electron chi connectivity index (χ3n) is 3.81. The Morgan fingerprint density at radius 3 is 2.90 bits per heavy atom. The van der Waals surface area contributed by atoms with E-state index in [0.29, 0.717) is 30.2 Å². The highest BCUT2D eigenvalue weighted by Crippen LogP contribution is 2.26. The highest BCUT2D eigenvalue weighted by molar-refractivity contribution is 6.29. The fourth-order valence-corrected chi connectivity index (χ4v) is 2.96. The summed E-state index contributed by atoms with van der Waals surface area (Å²) in [5.74, 6) is 1.63. The summed E-state index contributed by atoms with van der Waals surface area (Å²) in [6.45, 7) is 6.35. The number of nitrogens with zero attached hydrogens (tertiary/aromatic N) is 3. The summed E-state index contributed by atoms with van der Waals surface area (Å²) in [5, 5.41) is 0.504. The van der Waals surface area contributed by atoms with Crippen molar-refractivity contribution in [1.82, 2.24) is 9.97 Å². The van der Waals surface area contributed by atoms with Crippen molar-refractivity contribution in [2.45, 2.75) is 58.6 Å². The number of halogens is 1. The van der Waals surface area contributed by atoms with Crippen LogP contribution in [0, 0.1) is 0 Å². The Bertz CT molecular complexity index is 428. The van der Waals surface area contributed by atoms with Crippen LogP contribution in [-0.4, -0.2) is 29.2 Å². The molecule has 0 aliphatic carbocycles. The summed E-state index contributed by atoms with van der Waals surface area (Å²) < 4.78 is 5.39. The monoisotopic (exact) mass is 297 g/mol. The molecule has 1 aromatic rings. The number of hydrogen-bond donors (Lipinski definition) is 0. The zero-order valence-corrected chi connectivity index (χ0v) is 13.2. The maximum Gasteiger partial charge on any atom is 0.158 e. The summed E-state index contributed by atoms with van der Waals surface area (Å²) in [4.78, 5) is 11.3. The molecular weight excluding hydrogens is 274 g/mol. The van der Waals surface area contributed by atoms with Crippen LogP contribution in [-0.2, 0) is 11.3 Å². The van der Waals surface area contributed by atoms with Gasteiger partial charge in [0.2, 0.25) is 0 Å². The van der Waals surface area contributed by atoms with Crippen LogP contribution in [0.1, 0.15) is 51.8 Å². The number of anilines is 1. The molecule has 5 heteroatoms. The van der Waals surface area contributed by atoms with Gasteiger partial charge in [-0.25, -0.2) is 9.97 Å². The third-order valence-corrected chi connectivity index (χ3v) is 4.00. The normalized spacial score (nSPS) is 19.9. The molecule has 0 radical (unpaired) electrons. The average Bonchev–Trinajstić information content (AvgIpc) is 2.69. The van der Waals surface area contributed by atoms with Crippen molar-refractivity contribution in [1.29, 1.82) is 0 Å². The minimum atomic E-state index is 0.425. The van der Waals surface area contributed by atoms with Crippen molar-refractivity contribution in [3.8, 4) is 0 Å². The molecule has 4 nitrogen and oxygen atoms in total. The molecule has 2 rings (SSSR count). The van der Waals surface area contributed by atoms with Gasteiger partial charge >= 0.3 is 0 Å². The molecule has 0 amide bonds. The second kappa shape index (κ2) is 7.79. The SMILES string of the molecule is CCOCc1nc(Cl)cc(N2CCCCCC2CC)n1. The largest absolute Gasteiger partial charge is 0.374 e. The molecule has 1 saturated heterocycles. The van der Waals surface area contributed by atoms with Crippen molar-refractivity contribution >= 4 is 17.4 Å². The van der Waals surface area contributed by atoms with Crippen LogP contribution >= 0.6 is 11.6 Å². The highest BCUT2D eigenvalue weighted by Gasteiger charge is 2.21. The first-order valence-electron chi connectivity index (χ1n) is 7.62. The third kappa shape index (κ3) is 4.06. The molecule has 1 fully saturated rings. The molecule has 1 aliphatic heterocycles. The summed E-state index contributed by atoms with van der Waals surface area (Å²) >= 11 is 6.15. The van der Waals surface area contributed by atoms with Crippen molar-refractivity contribution in [3.05, 3.63) is 17.0 Å². The number of aromatic nitrogens is 2. The average molecular weight is 298 g/mol. The minimum Gasteiger partial charge on any atom is -0.374 e. The van der Waals surface area contributed by atoms with E-state index >= 15 is 0 Å². The van der Waals surface area contributed by atoms with Crippen LogP contribution in [0.15, 0.2) is 6.07 Å². The maximum atomic E-state index is 6.15. The first kappa shape index (κ1) is 15.5. The van der Waals surface area contributed by atoms with E-state index in [4.69, 9.17) is 16.3 Å². The lowest BCUT2D eigenvalue weighted by Gasteiger charge is -2.30. The van der Waals surface area contributed by atoms with Crippen molar-refractivity contribution in [3.63, 3.8) is 0 Å². The Balaban J connectivity index is 2.22. The molecule has 112 valence electrons. The first-order chi connectivity index (χ1) is 9.74. The molecule has 0 N–H and O–H groups in total. The molecule has 1 aromatic heterocycles. The first-order valence-corrected chi connectivity index (χ1v) is 8.00. The number of hydrogen-bond acceptors (Lipinski definition) is 4. The molecule has 0 spiro atoms. The molecule has 0 bridgehead atoms. The van der Waals surface area contributed by atoms with Crippen molar-refractivity contribution in [2.24, 2.45) is 0 Å². The van der Waals surface area contributed by atoms with E-state index in [2.05, 4.69) is 21.8 Å². The lowest BCUT2D eigenvalue weighted by atomic mass is 10.1. The Hall–Kier alpha value is -0.870. The molecular formula is C15H24ClN3O. The van der Waals surface area contributed by atoms with Gasteiger partial charge < -0.3 is 9.64 Å². The van der Waals surface area contributed by atoms with Gasteiger partial charge in [-0.15, -0.1) is 0 Å². The van der Waals surface area contributed by atoms with Crippen LogP contribution in [0.25, 0.3) is 0 Å². The Morgan fingerprint density at radius 2 is 2.15 bits per heavy atom. The van der Waals surface area contributed by atoms with Gasteiger partial charge in [-0.3, -0.25) is 0 Å². The summed E-state index contributed by atoms with van der Waals surface area (Å²) in [7, 11) is 0. The zero-order valence-electron chi connectivity index (χ0n) is 12.4. The molecule has 1 aliphatic rings. The van der Waals surface area contributed by atoms with Gasteiger partial charge in [-0.05, 0) is 26.2 Å². The quantitative estimate of drug-likeness (QED) is 0.774.